The summed E-state index contributed by atoms with van der Waals surface area (Å²) < 4.78 is 7.38. The van der Waals surface area contributed by atoms with Gasteiger partial charge in [-0.25, -0.2) is 0 Å². The fourth-order valence-corrected chi connectivity index (χ4v) is 9.39. The van der Waals surface area contributed by atoms with Crippen LogP contribution in [0.4, 0.5) is 0 Å². The lowest BCUT2D eigenvalue weighted by atomic mass is 9.89. The Balaban J connectivity index is 1.44. The van der Waals surface area contributed by atoms with Gasteiger partial charge in [0.15, 0.2) is 0 Å². The van der Waals surface area contributed by atoms with Gasteiger partial charge in [0, 0.05) is 50.5 Å². The van der Waals surface area contributed by atoms with E-state index < -0.39 is 0 Å². The third-order valence-electron chi connectivity index (χ3n) is 11.9. The Bertz CT molecular complexity index is 2680. The van der Waals surface area contributed by atoms with E-state index in [-0.39, 0.29) is 0 Å². The maximum Gasteiger partial charge on any atom is 0.0541 e. The second-order valence-electron chi connectivity index (χ2n) is 15.3. The van der Waals surface area contributed by atoms with Crippen molar-refractivity contribution in [3.63, 3.8) is 0 Å². The van der Waals surface area contributed by atoms with Crippen molar-refractivity contribution in [1.29, 1.82) is 5.41 Å². The third-order valence-corrected chi connectivity index (χ3v) is 11.9. The molecule has 4 nitrogen and oxygen atoms in total. The fourth-order valence-electron chi connectivity index (χ4n) is 9.39. The SMILES string of the molecule is C/C=C\c1c(C(CC)CCC)c2cc(-n3c4ccccc4c4ccccc43)ccc2n1-c1ccc2c(c1)c(C(C)CCCC)c(/C=C\C=N)n2-c1ccccc1. The standard InChI is InChI=1S/C52H54N4/c1-6-10-21-36(5)51-43-34-40(30-31-47(43)54(50(51)28-18-33-53)38-22-12-11-13-23-38)56-48-32-29-39(35-44(48)52(49(56)20-8-3)37(9-4)19-7-2)55-45-26-16-14-24-41(45)42-25-15-17-27-46(42)55/h8,11-18,20,22-37,53H,6-7,9-10,19,21H2,1-5H3/b20-8-,28-18-,53-33?. The van der Waals surface area contributed by atoms with E-state index in [4.69, 9.17) is 5.41 Å². The molecule has 4 heteroatoms. The maximum absolute atomic E-state index is 7.93. The molecule has 0 bridgehead atoms. The molecule has 3 aromatic heterocycles. The van der Waals surface area contributed by atoms with E-state index in [9.17, 15) is 0 Å². The largest absolute Gasteiger partial charge is 0.310 e. The Hall–Kier alpha value is -5.87. The first kappa shape index (κ1) is 37.1. The number of rotatable bonds is 14. The lowest BCUT2D eigenvalue weighted by molar-refractivity contribution is 0.598. The van der Waals surface area contributed by atoms with Crippen LogP contribution in [0.3, 0.4) is 0 Å². The molecule has 1 N–H and O–H groups in total. The van der Waals surface area contributed by atoms with Crippen molar-refractivity contribution < 1.29 is 0 Å². The molecule has 0 amide bonds. The van der Waals surface area contributed by atoms with Crippen LogP contribution in [0.5, 0.6) is 0 Å². The highest BCUT2D eigenvalue weighted by atomic mass is 15.0. The molecule has 0 aliphatic carbocycles. The van der Waals surface area contributed by atoms with Crippen LogP contribution < -0.4 is 0 Å². The van der Waals surface area contributed by atoms with Crippen molar-refractivity contribution in [1.82, 2.24) is 13.7 Å². The molecule has 3 heterocycles. The Morgan fingerprint density at radius 3 is 1.70 bits per heavy atom. The van der Waals surface area contributed by atoms with Gasteiger partial charge in [-0.15, -0.1) is 0 Å². The first-order valence-corrected chi connectivity index (χ1v) is 20.7. The Labute approximate surface area is 331 Å². The van der Waals surface area contributed by atoms with Gasteiger partial charge in [-0.3, -0.25) is 0 Å². The van der Waals surface area contributed by atoms with Crippen LogP contribution in [-0.4, -0.2) is 19.9 Å². The van der Waals surface area contributed by atoms with Gasteiger partial charge in [-0.1, -0.05) is 108 Å². The summed E-state index contributed by atoms with van der Waals surface area (Å²) in [4.78, 5) is 0. The Kier molecular flexibility index (Phi) is 10.6. The molecular formula is C52H54N4. The molecule has 0 radical (unpaired) electrons. The number of fused-ring (bicyclic) bond motifs is 5. The molecule has 0 spiro atoms. The van der Waals surface area contributed by atoms with Crippen molar-refractivity contribution >= 4 is 62.0 Å². The zero-order valence-corrected chi connectivity index (χ0v) is 33.6. The molecule has 2 atom stereocenters. The minimum atomic E-state index is 0.345. The molecular weight excluding hydrogens is 681 g/mol. The van der Waals surface area contributed by atoms with Gasteiger partial charge < -0.3 is 19.1 Å². The average Bonchev–Trinajstić information content (AvgIpc) is 3.86. The van der Waals surface area contributed by atoms with Crippen LogP contribution in [-0.2, 0) is 0 Å². The van der Waals surface area contributed by atoms with Crippen LogP contribution in [0.2, 0.25) is 0 Å². The number of unbranched alkanes of at least 4 members (excludes halogenated alkanes) is 1. The van der Waals surface area contributed by atoms with Gasteiger partial charge in [0.05, 0.1) is 27.8 Å². The van der Waals surface area contributed by atoms with Crippen molar-refractivity contribution in [3.8, 4) is 17.1 Å². The van der Waals surface area contributed by atoms with Crippen LogP contribution in [0.25, 0.3) is 72.8 Å². The molecule has 2 unspecified atom stereocenters. The number of hydrogen-bond acceptors (Lipinski definition) is 1. The number of hydrogen-bond donors (Lipinski definition) is 1. The number of nitrogens with zero attached hydrogens (tertiary/aromatic N) is 3. The maximum atomic E-state index is 7.93. The van der Waals surface area contributed by atoms with Crippen molar-refractivity contribution in [2.24, 2.45) is 0 Å². The van der Waals surface area contributed by atoms with Gasteiger partial charge >= 0.3 is 0 Å². The molecule has 282 valence electrons. The predicted octanol–water partition coefficient (Wildman–Crippen LogP) is 15.0. The summed E-state index contributed by atoms with van der Waals surface area (Å²) in [7, 11) is 0. The van der Waals surface area contributed by atoms with Crippen molar-refractivity contribution in [2.75, 3.05) is 0 Å². The van der Waals surface area contributed by atoms with E-state index in [1.165, 1.54) is 84.4 Å². The molecule has 56 heavy (non-hydrogen) atoms. The summed E-state index contributed by atoms with van der Waals surface area (Å²) in [6.45, 7) is 11.5. The molecule has 0 fully saturated rings. The van der Waals surface area contributed by atoms with E-state index in [1.54, 1.807) is 0 Å². The average molecular weight is 735 g/mol. The highest BCUT2D eigenvalue weighted by Gasteiger charge is 2.26. The fraction of sp³-hybridized carbons (Fsp3) is 0.250. The van der Waals surface area contributed by atoms with E-state index in [2.05, 4.69) is 182 Å². The van der Waals surface area contributed by atoms with E-state index in [0.717, 1.165) is 43.5 Å². The zero-order chi connectivity index (χ0) is 38.8. The van der Waals surface area contributed by atoms with Crippen molar-refractivity contribution in [3.05, 3.63) is 150 Å². The minimum absolute atomic E-state index is 0.345. The zero-order valence-electron chi connectivity index (χ0n) is 33.6. The van der Waals surface area contributed by atoms with Gasteiger partial charge in [0.1, 0.15) is 0 Å². The lowest BCUT2D eigenvalue weighted by Crippen LogP contribution is -2.02. The van der Waals surface area contributed by atoms with Crippen LogP contribution in [0.15, 0.2) is 127 Å². The van der Waals surface area contributed by atoms with E-state index in [0.29, 0.717) is 11.8 Å². The Morgan fingerprint density at radius 2 is 1.11 bits per heavy atom. The summed E-state index contributed by atoms with van der Waals surface area (Å²) in [5, 5.41) is 13.1. The topological polar surface area (TPSA) is 38.6 Å². The van der Waals surface area contributed by atoms with Gasteiger partial charge in [0.25, 0.3) is 0 Å². The Morgan fingerprint density at radius 1 is 0.554 bits per heavy atom. The van der Waals surface area contributed by atoms with Crippen LogP contribution >= 0.6 is 0 Å². The third kappa shape index (κ3) is 6.31. The molecule has 0 saturated heterocycles. The normalized spacial score (nSPS) is 13.3. The summed E-state index contributed by atoms with van der Waals surface area (Å²) in [6.07, 6.45) is 16.8. The molecule has 0 saturated carbocycles. The first-order valence-electron chi connectivity index (χ1n) is 20.7. The highest BCUT2D eigenvalue weighted by molar-refractivity contribution is 6.09. The minimum Gasteiger partial charge on any atom is -0.310 e. The molecule has 0 aliphatic heterocycles. The predicted molar refractivity (Wildman–Crippen MR) is 243 cm³/mol. The summed E-state index contributed by atoms with van der Waals surface area (Å²) in [6, 6.07) is 42.6. The second-order valence-corrected chi connectivity index (χ2v) is 15.3. The van der Waals surface area contributed by atoms with Crippen LogP contribution in [0, 0.1) is 5.41 Å². The smallest absolute Gasteiger partial charge is 0.0541 e. The van der Waals surface area contributed by atoms with E-state index in [1.807, 2.05) is 6.08 Å². The van der Waals surface area contributed by atoms with Crippen LogP contribution in [0.1, 0.15) is 107 Å². The number of aromatic nitrogens is 3. The lowest BCUT2D eigenvalue weighted by Gasteiger charge is -2.17. The molecule has 8 rings (SSSR count). The number of para-hydroxylation sites is 3. The quantitative estimate of drug-likeness (QED) is 0.108. The monoisotopic (exact) mass is 734 g/mol. The summed E-state index contributed by atoms with van der Waals surface area (Å²) >= 11 is 0. The molecule has 0 aliphatic rings. The number of nitrogens with one attached hydrogen (secondary N) is 1. The van der Waals surface area contributed by atoms with Gasteiger partial charge in [0.2, 0.25) is 0 Å². The molecule has 8 aromatic rings. The second kappa shape index (κ2) is 16.1. The van der Waals surface area contributed by atoms with Crippen molar-refractivity contribution in [2.45, 2.75) is 85.0 Å². The van der Waals surface area contributed by atoms with Gasteiger partial charge in [-0.05, 0) is 128 Å². The van der Waals surface area contributed by atoms with Gasteiger partial charge in [-0.2, -0.15) is 0 Å². The highest BCUT2D eigenvalue weighted by Crippen LogP contribution is 2.43. The number of allylic oxidation sites excluding steroid dienone is 2. The number of benzene rings is 5. The van der Waals surface area contributed by atoms with E-state index >= 15 is 0 Å². The summed E-state index contributed by atoms with van der Waals surface area (Å²) in [5.41, 5.74) is 13.6. The summed E-state index contributed by atoms with van der Waals surface area (Å²) in [5.74, 6) is 0.770. The molecule has 5 aromatic carbocycles. The first-order chi connectivity index (χ1) is 27.5.